The van der Waals surface area contributed by atoms with E-state index < -0.39 is 30.1 Å². The molecule has 2 aromatic carbocycles. The highest BCUT2D eigenvalue weighted by Crippen LogP contribution is 2.38. The molecule has 3 heterocycles. The second kappa shape index (κ2) is 10.2. The highest BCUT2D eigenvalue weighted by molar-refractivity contribution is 6.04. The number of carbonyl (C=O) groups is 3. The van der Waals surface area contributed by atoms with Crippen LogP contribution in [0.2, 0.25) is 0 Å². The molecule has 0 bridgehead atoms. The van der Waals surface area contributed by atoms with Gasteiger partial charge >= 0.3 is 5.97 Å². The molecule has 0 saturated carbocycles. The SMILES string of the molecule is O=C(O)CNC(=O)CNC(=O)Cn1nc(N2CCOCC2)c2c(-c3cc4[nH]ncc4cc3F)cccc21. The fourth-order valence-corrected chi connectivity index (χ4v) is 4.33. The van der Waals surface area contributed by atoms with Crippen molar-refractivity contribution in [3.05, 3.63) is 42.3 Å². The van der Waals surface area contributed by atoms with Gasteiger partial charge in [0.1, 0.15) is 18.9 Å². The monoisotopic (exact) mass is 509 g/mol. The third-order valence-corrected chi connectivity index (χ3v) is 6.06. The Morgan fingerprint density at radius 3 is 2.65 bits per heavy atom. The van der Waals surface area contributed by atoms with E-state index in [4.69, 9.17) is 14.9 Å². The molecule has 0 spiro atoms. The number of aromatic nitrogens is 4. The largest absolute Gasteiger partial charge is 0.480 e. The Morgan fingerprint density at radius 2 is 1.86 bits per heavy atom. The lowest BCUT2D eigenvalue weighted by molar-refractivity contribution is -0.137. The summed E-state index contributed by atoms with van der Waals surface area (Å²) in [5.41, 5.74) is 2.30. The summed E-state index contributed by atoms with van der Waals surface area (Å²) < 4.78 is 22.2. The summed E-state index contributed by atoms with van der Waals surface area (Å²) in [6.45, 7) is 1.08. The molecule has 2 aromatic heterocycles. The number of carbonyl (C=O) groups excluding carboxylic acids is 2. The number of nitrogens with one attached hydrogen (secondary N) is 3. The number of rotatable bonds is 8. The molecule has 1 fully saturated rings. The van der Waals surface area contributed by atoms with Crippen LogP contribution in [0, 0.1) is 5.82 Å². The van der Waals surface area contributed by atoms with Crippen LogP contribution < -0.4 is 15.5 Å². The molecule has 1 aliphatic heterocycles. The van der Waals surface area contributed by atoms with Gasteiger partial charge in [-0.25, -0.2) is 4.39 Å². The van der Waals surface area contributed by atoms with Gasteiger partial charge in [-0.1, -0.05) is 12.1 Å². The fourth-order valence-electron chi connectivity index (χ4n) is 4.33. The quantitative estimate of drug-likeness (QED) is 0.273. The van der Waals surface area contributed by atoms with Crippen molar-refractivity contribution in [1.82, 2.24) is 30.6 Å². The van der Waals surface area contributed by atoms with Crippen LogP contribution >= 0.6 is 0 Å². The molecular weight excluding hydrogens is 485 g/mol. The number of morpholine rings is 1. The minimum Gasteiger partial charge on any atom is -0.480 e. The van der Waals surface area contributed by atoms with E-state index in [0.717, 1.165) is 0 Å². The molecule has 12 nitrogen and oxygen atoms in total. The topological polar surface area (TPSA) is 154 Å². The number of fused-ring (bicyclic) bond motifs is 2. The number of anilines is 1. The van der Waals surface area contributed by atoms with Crippen LogP contribution in [0.25, 0.3) is 32.9 Å². The molecule has 0 radical (unpaired) electrons. The summed E-state index contributed by atoms with van der Waals surface area (Å²) in [5.74, 6) is -2.10. The Bertz CT molecular complexity index is 1490. The lowest BCUT2D eigenvalue weighted by Gasteiger charge is -2.27. The number of aliphatic carboxylic acids is 1. The van der Waals surface area contributed by atoms with Crippen molar-refractivity contribution in [2.75, 3.05) is 44.3 Å². The average molecular weight is 509 g/mol. The third kappa shape index (κ3) is 5.07. The fraction of sp³-hybridized carbons (Fsp3) is 0.292. The maximum atomic E-state index is 15.2. The molecule has 1 saturated heterocycles. The van der Waals surface area contributed by atoms with E-state index in [0.29, 0.717) is 65.1 Å². The number of benzene rings is 2. The molecule has 192 valence electrons. The van der Waals surface area contributed by atoms with Crippen LogP contribution in [0.15, 0.2) is 36.5 Å². The van der Waals surface area contributed by atoms with Gasteiger partial charge in [-0.3, -0.25) is 24.2 Å². The number of hydrogen-bond acceptors (Lipinski definition) is 7. The van der Waals surface area contributed by atoms with Crippen molar-refractivity contribution in [3.8, 4) is 11.1 Å². The van der Waals surface area contributed by atoms with Crippen LogP contribution in [-0.2, 0) is 25.7 Å². The zero-order valence-electron chi connectivity index (χ0n) is 19.7. The van der Waals surface area contributed by atoms with Gasteiger partial charge in [0.05, 0.1) is 42.4 Å². The molecule has 37 heavy (non-hydrogen) atoms. The van der Waals surface area contributed by atoms with Gasteiger partial charge in [0, 0.05) is 24.0 Å². The molecule has 13 heteroatoms. The van der Waals surface area contributed by atoms with E-state index in [9.17, 15) is 14.4 Å². The first-order valence-corrected chi connectivity index (χ1v) is 11.6. The summed E-state index contributed by atoms with van der Waals surface area (Å²) in [4.78, 5) is 37.0. The van der Waals surface area contributed by atoms with Crippen molar-refractivity contribution < 1.29 is 28.6 Å². The van der Waals surface area contributed by atoms with Crippen molar-refractivity contribution in [1.29, 1.82) is 0 Å². The van der Waals surface area contributed by atoms with Gasteiger partial charge in [-0.05, 0) is 23.8 Å². The van der Waals surface area contributed by atoms with Crippen LogP contribution in [0.3, 0.4) is 0 Å². The zero-order chi connectivity index (χ0) is 25.9. The summed E-state index contributed by atoms with van der Waals surface area (Å²) >= 11 is 0. The average Bonchev–Trinajstić information content (AvgIpc) is 3.50. The maximum Gasteiger partial charge on any atom is 0.322 e. The highest BCUT2D eigenvalue weighted by Gasteiger charge is 2.24. The van der Waals surface area contributed by atoms with Gasteiger partial charge < -0.3 is 25.4 Å². The number of nitrogens with zero attached hydrogens (tertiary/aromatic N) is 4. The first-order chi connectivity index (χ1) is 17.9. The van der Waals surface area contributed by atoms with E-state index in [1.807, 2.05) is 11.0 Å². The molecule has 5 rings (SSSR count). The summed E-state index contributed by atoms with van der Waals surface area (Å²) in [6, 6.07) is 8.51. The summed E-state index contributed by atoms with van der Waals surface area (Å²) in [7, 11) is 0. The lowest BCUT2D eigenvalue weighted by Crippen LogP contribution is -2.40. The Morgan fingerprint density at radius 1 is 1.08 bits per heavy atom. The first kappa shape index (κ1) is 24.2. The van der Waals surface area contributed by atoms with E-state index >= 15 is 4.39 Å². The molecule has 0 atom stereocenters. The Kier molecular flexibility index (Phi) is 6.68. The number of carboxylic acids is 1. The van der Waals surface area contributed by atoms with Gasteiger partial charge in [0.25, 0.3) is 0 Å². The molecule has 2 amide bonds. The van der Waals surface area contributed by atoms with Crippen molar-refractivity contribution in [3.63, 3.8) is 0 Å². The van der Waals surface area contributed by atoms with E-state index in [1.165, 1.54) is 10.7 Å². The van der Waals surface area contributed by atoms with Gasteiger partial charge in [-0.15, -0.1) is 0 Å². The van der Waals surface area contributed by atoms with Gasteiger partial charge in [-0.2, -0.15) is 10.2 Å². The second-order valence-corrected chi connectivity index (χ2v) is 8.52. The Labute approximate surface area is 209 Å². The third-order valence-electron chi connectivity index (χ3n) is 6.06. The van der Waals surface area contributed by atoms with Gasteiger partial charge in [0.15, 0.2) is 5.82 Å². The van der Waals surface area contributed by atoms with Crippen LogP contribution in [-0.4, -0.2) is 82.3 Å². The van der Waals surface area contributed by atoms with Crippen LogP contribution in [0.1, 0.15) is 0 Å². The Hall–Kier alpha value is -4.52. The molecule has 0 aliphatic carbocycles. The number of amides is 2. The predicted molar refractivity (Wildman–Crippen MR) is 131 cm³/mol. The minimum atomic E-state index is -1.18. The van der Waals surface area contributed by atoms with Crippen molar-refractivity contribution in [2.24, 2.45) is 0 Å². The highest BCUT2D eigenvalue weighted by atomic mass is 19.1. The van der Waals surface area contributed by atoms with E-state index in [2.05, 4.69) is 20.8 Å². The molecule has 1 aliphatic rings. The molecule has 0 unspecified atom stereocenters. The normalized spacial score (nSPS) is 13.7. The minimum absolute atomic E-state index is 0.196. The van der Waals surface area contributed by atoms with Crippen LogP contribution in [0.5, 0.6) is 0 Å². The lowest BCUT2D eigenvalue weighted by atomic mass is 9.99. The number of halogens is 1. The molecule has 4 N–H and O–H groups in total. The molecular formula is C24H24FN7O5. The summed E-state index contributed by atoms with van der Waals surface area (Å²) in [5, 5.41) is 26.2. The zero-order valence-corrected chi connectivity index (χ0v) is 19.7. The maximum absolute atomic E-state index is 15.2. The number of ether oxygens (including phenoxy) is 1. The molecule has 4 aromatic rings. The van der Waals surface area contributed by atoms with E-state index in [1.54, 1.807) is 24.4 Å². The standard InChI is InChI=1S/C24H24FN7O5/c25-17-8-14-10-28-29-18(14)9-16(17)15-2-1-3-19-23(15)24(31-4-6-37-7-5-31)30-32(19)13-21(34)26-11-20(33)27-12-22(35)36/h1-3,8-10H,4-7,11-13H2,(H,26,34)(H,27,33)(H,28,29)(H,35,36). The Balaban J connectivity index is 1.50. The second-order valence-electron chi connectivity index (χ2n) is 8.52. The van der Waals surface area contributed by atoms with Gasteiger partial charge in [0.2, 0.25) is 11.8 Å². The number of H-pyrrole nitrogens is 1. The number of hydrogen-bond donors (Lipinski definition) is 4. The number of aromatic amines is 1. The summed E-state index contributed by atoms with van der Waals surface area (Å²) in [6.07, 6.45) is 1.56. The van der Waals surface area contributed by atoms with E-state index in [-0.39, 0.29) is 13.1 Å². The number of carboxylic acid groups (broad SMARTS) is 1. The van der Waals surface area contributed by atoms with Crippen LogP contribution in [0.4, 0.5) is 10.2 Å². The smallest absolute Gasteiger partial charge is 0.322 e. The van der Waals surface area contributed by atoms with Crippen molar-refractivity contribution in [2.45, 2.75) is 6.54 Å². The predicted octanol–water partition coefficient (Wildman–Crippen LogP) is 0.872. The van der Waals surface area contributed by atoms with Crippen molar-refractivity contribution >= 4 is 45.4 Å². The first-order valence-electron chi connectivity index (χ1n) is 11.6.